The molecule has 0 unspecified atom stereocenters. The summed E-state index contributed by atoms with van der Waals surface area (Å²) in [6, 6.07) is 11.7. The van der Waals surface area contributed by atoms with Gasteiger partial charge in [0.15, 0.2) is 0 Å². The molecule has 0 aliphatic rings. The number of fused-ring (bicyclic) bond motifs is 1. The van der Waals surface area contributed by atoms with Crippen LogP contribution in [0.2, 0.25) is 10.0 Å². The molecule has 3 rings (SSSR count). The highest BCUT2D eigenvalue weighted by Gasteiger charge is 2.03. The van der Waals surface area contributed by atoms with Crippen LogP contribution in [-0.4, -0.2) is 9.97 Å². The van der Waals surface area contributed by atoms with Gasteiger partial charge < -0.3 is 10.3 Å². The monoisotopic (exact) mass is 319 g/mol. The van der Waals surface area contributed by atoms with Gasteiger partial charge in [0.25, 0.3) is 0 Å². The molecule has 0 saturated carbocycles. The lowest BCUT2D eigenvalue weighted by Gasteiger charge is -2.04. The number of nitrogens with zero attached hydrogens (tertiary/aromatic N) is 1. The molecule has 0 spiro atoms. The number of H-pyrrole nitrogens is 1. The van der Waals surface area contributed by atoms with Gasteiger partial charge in [-0.25, -0.2) is 4.98 Å². The standard InChI is InChI=1S/C16H15Cl2N3/c1-10-2-3-14-15(4-10)21-16(20-14)9-19-8-11-5-12(17)7-13(18)6-11/h2-7,19H,8-9H2,1H3,(H,20,21). The number of rotatable bonds is 4. The van der Waals surface area contributed by atoms with Crippen LogP contribution in [0, 0.1) is 6.92 Å². The Balaban J connectivity index is 1.66. The average Bonchev–Trinajstić information content (AvgIpc) is 2.79. The molecule has 0 aliphatic heterocycles. The van der Waals surface area contributed by atoms with Crippen LogP contribution in [0.5, 0.6) is 0 Å². The van der Waals surface area contributed by atoms with Gasteiger partial charge in [-0.15, -0.1) is 0 Å². The Morgan fingerprint density at radius 1 is 1.05 bits per heavy atom. The first-order valence-corrected chi connectivity index (χ1v) is 7.47. The Labute approximate surface area is 133 Å². The van der Waals surface area contributed by atoms with Gasteiger partial charge in [-0.05, 0) is 48.4 Å². The van der Waals surface area contributed by atoms with Gasteiger partial charge in [-0.2, -0.15) is 0 Å². The van der Waals surface area contributed by atoms with Gasteiger partial charge >= 0.3 is 0 Å². The van der Waals surface area contributed by atoms with E-state index in [1.807, 2.05) is 18.2 Å². The summed E-state index contributed by atoms with van der Waals surface area (Å²) in [5, 5.41) is 4.64. The van der Waals surface area contributed by atoms with Crippen molar-refractivity contribution in [1.82, 2.24) is 15.3 Å². The van der Waals surface area contributed by atoms with Gasteiger partial charge in [-0.3, -0.25) is 0 Å². The van der Waals surface area contributed by atoms with Crippen molar-refractivity contribution in [1.29, 1.82) is 0 Å². The Morgan fingerprint density at radius 3 is 2.57 bits per heavy atom. The fraction of sp³-hybridized carbons (Fsp3) is 0.188. The topological polar surface area (TPSA) is 40.7 Å². The molecule has 0 aliphatic carbocycles. The maximum Gasteiger partial charge on any atom is 0.121 e. The van der Waals surface area contributed by atoms with Crippen molar-refractivity contribution in [2.24, 2.45) is 0 Å². The number of hydrogen-bond donors (Lipinski definition) is 2. The van der Waals surface area contributed by atoms with E-state index < -0.39 is 0 Å². The van der Waals surface area contributed by atoms with E-state index >= 15 is 0 Å². The van der Waals surface area contributed by atoms with E-state index in [1.54, 1.807) is 6.07 Å². The fourth-order valence-electron chi connectivity index (χ4n) is 2.30. The van der Waals surface area contributed by atoms with Crippen molar-refractivity contribution in [3.8, 4) is 0 Å². The van der Waals surface area contributed by atoms with E-state index in [-0.39, 0.29) is 0 Å². The molecule has 3 aromatic rings. The Kier molecular flexibility index (Phi) is 4.15. The molecular weight excluding hydrogens is 305 g/mol. The fourth-order valence-corrected chi connectivity index (χ4v) is 2.87. The maximum atomic E-state index is 5.98. The third-order valence-electron chi connectivity index (χ3n) is 3.23. The first kappa shape index (κ1) is 14.4. The molecular formula is C16H15Cl2N3. The van der Waals surface area contributed by atoms with E-state index in [0.29, 0.717) is 23.1 Å². The highest BCUT2D eigenvalue weighted by molar-refractivity contribution is 6.34. The maximum absolute atomic E-state index is 5.98. The second-order valence-electron chi connectivity index (χ2n) is 5.09. The van der Waals surface area contributed by atoms with Crippen molar-refractivity contribution in [2.75, 3.05) is 0 Å². The van der Waals surface area contributed by atoms with Crippen LogP contribution < -0.4 is 5.32 Å². The smallest absolute Gasteiger partial charge is 0.121 e. The van der Waals surface area contributed by atoms with Crippen molar-refractivity contribution in [3.05, 3.63) is 63.4 Å². The molecule has 0 amide bonds. The molecule has 3 nitrogen and oxygen atoms in total. The lowest BCUT2D eigenvalue weighted by atomic mass is 10.2. The predicted molar refractivity (Wildman–Crippen MR) is 87.8 cm³/mol. The molecule has 1 heterocycles. The molecule has 0 radical (unpaired) electrons. The summed E-state index contributed by atoms with van der Waals surface area (Å²) in [6.07, 6.45) is 0. The second kappa shape index (κ2) is 6.06. The minimum Gasteiger partial charge on any atom is -0.341 e. The van der Waals surface area contributed by atoms with E-state index in [9.17, 15) is 0 Å². The van der Waals surface area contributed by atoms with Gasteiger partial charge in [-0.1, -0.05) is 29.3 Å². The minimum atomic E-state index is 0.651. The molecule has 5 heteroatoms. The molecule has 1 aromatic heterocycles. The van der Waals surface area contributed by atoms with Gasteiger partial charge in [0, 0.05) is 16.6 Å². The normalized spacial score (nSPS) is 11.2. The molecule has 108 valence electrons. The number of imidazole rings is 1. The minimum absolute atomic E-state index is 0.651. The highest BCUT2D eigenvalue weighted by atomic mass is 35.5. The van der Waals surface area contributed by atoms with Crippen LogP contribution in [0.4, 0.5) is 0 Å². The van der Waals surface area contributed by atoms with Gasteiger partial charge in [0.2, 0.25) is 0 Å². The van der Waals surface area contributed by atoms with Crippen molar-refractivity contribution in [2.45, 2.75) is 20.0 Å². The summed E-state index contributed by atoms with van der Waals surface area (Å²) in [6.45, 7) is 3.43. The van der Waals surface area contributed by atoms with Gasteiger partial charge in [0.05, 0.1) is 17.6 Å². The first-order chi connectivity index (χ1) is 10.1. The number of nitrogens with one attached hydrogen (secondary N) is 2. The Bertz CT molecular complexity index is 760. The third-order valence-corrected chi connectivity index (χ3v) is 3.67. The van der Waals surface area contributed by atoms with E-state index in [2.05, 4.69) is 34.3 Å². The molecule has 0 bridgehead atoms. The zero-order valence-corrected chi connectivity index (χ0v) is 13.1. The molecule has 2 N–H and O–H groups in total. The molecule has 21 heavy (non-hydrogen) atoms. The van der Waals surface area contributed by atoms with Crippen LogP contribution in [0.15, 0.2) is 36.4 Å². The molecule has 0 atom stereocenters. The summed E-state index contributed by atoms with van der Waals surface area (Å²) in [4.78, 5) is 7.87. The predicted octanol–water partition coefficient (Wildman–Crippen LogP) is 4.47. The van der Waals surface area contributed by atoms with Gasteiger partial charge in [0.1, 0.15) is 5.82 Å². The summed E-state index contributed by atoms with van der Waals surface area (Å²) in [5.74, 6) is 0.920. The van der Waals surface area contributed by atoms with E-state index in [4.69, 9.17) is 23.2 Å². The number of aromatic amines is 1. The van der Waals surface area contributed by atoms with Crippen LogP contribution in [0.25, 0.3) is 11.0 Å². The third kappa shape index (κ3) is 3.56. The number of hydrogen-bond acceptors (Lipinski definition) is 2. The number of benzene rings is 2. The summed E-state index contributed by atoms with van der Waals surface area (Å²) < 4.78 is 0. The summed E-state index contributed by atoms with van der Waals surface area (Å²) >= 11 is 12.0. The Morgan fingerprint density at radius 2 is 1.81 bits per heavy atom. The number of halogens is 2. The van der Waals surface area contributed by atoms with Crippen LogP contribution in [-0.2, 0) is 13.1 Å². The number of aryl methyl sites for hydroxylation is 1. The molecule has 2 aromatic carbocycles. The quantitative estimate of drug-likeness (QED) is 0.745. The average molecular weight is 320 g/mol. The van der Waals surface area contributed by atoms with E-state index in [0.717, 1.165) is 22.4 Å². The largest absolute Gasteiger partial charge is 0.341 e. The van der Waals surface area contributed by atoms with Crippen LogP contribution >= 0.6 is 23.2 Å². The SMILES string of the molecule is Cc1ccc2nc(CNCc3cc(Cl)cc(Cl)c3)[nH]c2c1. The zero-order valence-electron chi connectivity index (χ0n) is 11.6. The second-order valence-corrected chi connectivity index (χ2v) is 5.96. The molecule has 0 fully saturated rings. The summed E-state index contributed by atoms with van der Waals surface area (Å²) in [7, 11) is 0. The summed E-state index contributed by atoms with van der Waals surface area (Å²) in [5.41, 5.74) is 4.33. The van der Waals surface area contributed by atoms with E-state index in [1.165, 1.54) is 5.56 Å². The lowest BCUT2D eigenvalue weighted by Crippen LogP contribution is -2.13. The van der Waals surface area contributed by atoms with Crippen molar-refractivity contribution in [3.63, 3.8) is 0 Å². The highest BCUT2D eigenvalue weighted by Crippen LogP contribution is 2.19. The number of aromatic nitrogens is 2. The van der Waals surface area contributed by atoms with Crippen LogP contribution in [0.3, 0.4) is 0 Å². The van der Waals surface area contributed by atoms with Crippen molar-refractivity contribution < 1.29 is 0 Å². The van der Waals surface area contributed by atoms with Crippen LogP contribution in [0.1, 0.15) is 17.0 Å². The Hall–Kier alpha value is -1.55. The van der Waals surface area contributed by atoms with Crippen molar-refractivity contribution >= 4 is 34.2 Å². The molecule has 0 saturated heterocycles. The zero-order chi connectivity index (χ0) is 14.8. The first-order valence-electron chi connectivity index (χ1n) is 6.71. The lowest BCUT2D eigenvalue weighted by molar-refractivity contribution is 0.670.